The zero-order valence-electron chi connectivity index (χ0n) is 19.1. The van der Waals surface area contributed by atoms with Gasteiger partial charge in [-0.05, 0) is 55.3 Å². The number of benzene rings is 2. The van der Waals surface area contributed by atoms with Crippen LogP contribution in [0.5, 0.6) is 0 Å². The Labute approximate surface area is 197 Å². The van der Waals surface area contributed by atoms with Gasteiger partial charge in [-0.25, -0.2) is 9.07 Å². The maximum absolute atomic E-state index is 14.6. The van der Waals surface area contributed by atoms with E-state index < -0.39 is 5.82 Å². The lowest BCUT2D eigenvalue weighted by molar-refractivity contribution is 0.0737. The summed E-state index contributed by atoms with van der Waals surface area (Å²) in [5.74, 6) is -0.711. The lowest BCUT2D eigenvalue weighted by Crippen LogP contribution is -2.33. The number of hydrogen-bond acceptors (Lipinski definition) is 4. The molecule has 0 aliphatic heterocycles. The molecule has 2 aromatic heterocycles. The molecule has 0 aliphatic rings. The monoisotopic (exact) mass is 453 g/mol. The Morgan fingerprint density at radius 2 is 1.94 bits per heavy atom. The zero-order chi connectivity index (χ0) is 24.1. The first-order valence-corrected chi connectivity index (χ1v) is 11.0. The van der Waals surface area contributed by atoms with E-state index in [1.165, 1.54) is 6.07 Å². The summed E-state index contributed by atoms with van der Waals surface area (Å²) in [6.45, 7) is 4.48. The van der Waals surface area contributed by atoms with Crippen LogP contribution in [0.3, 0.4) is 0 Å². The summed E-state index contributed by atoms with van der Waals surface area (Å²) in [7, 11) is 0. The van der Waals surface area contributed by atoms with E-state index in [2.05, 4.69) is 16.2 Å². The minimum atomic E-state index is -0.413. The number of nitrogens with zero attached hydrogens (tertiary/aromatic N) is 5. The fourth-order valence-electron chi connectivity index (χ4n) is 3.87. The van der Waals surface area contributed by atoms with Gasteiger partial charge in [-0.3, -0.25) is 9.78 Å². The smallest absolute Gasteiger partial charge is 0.272 e. The van der Waals surface area contributed by atoms with E-state index in [9.17, 15) is 9.18 Å². The molecule has 0 atom stereocenters. The number of aromatic nitrogens is 3. The average Bonchev–Trinajstić information content (AvgIpc) is 3.27. The Bertz CT molecular complexity index is 1360. The first-order chi connectivity index (χ1) is 16.5. The van der Waals surface area contributed by atoms with Gasteiger partial charge in [0, 0.05) is 31.0 Å². The van der Waals surface area contributed by atoms with Crippen LogP contribution in [0.15, 0.2) is 73.1 Å². The number of hydrogen-bond donors (Lipinski definition) is 0. The average molecular weight is 454 g/mol. The molecular weight excluding hydrogens is 429 g/mol. The Morgan fingerprint density at radius 1 is 1.12 bits per heavy atom. The Morgan fingerprint density at radius 3 is 2.65 bits per heavy atom. The Hall–Kier alpha value is -4.31. The summed E-state index contributed by atoms with van der Waals surface area (Å²) in [5, 5.41) is 13.8. The van der Waals surface area contributed by atoms with Crippen molar-refractivity contribution in [2.75, 3.05) is 6.54 Å². The van der Waals surface area contributed by atoms with Gasteiger partial charge < -0.3 is 4.90 Å². The Balaban J connectivity index is 1.82. The number of carbonyl (C=O) groups excluding carboxylic acids is 1. The van der Waals surface area contributed by atoms with E-state index in [4.69, 9.17) is 5.26 Å². The van der Waals surface area contributed by atoms with Crippen molar-refractivity contribution in [2.45, 2.75) is 26.8 Å². The van der Waals surface area contributed by atoms with Gasteiger partial charge in [-0.1, -0.05) is 35.9 Å². The minimum absolute atomic E-state index is 0.184. The van der Waals surface area contributed by atoms with Crippen LogP contribution in [-0.2, 0) is 6.54 Å². The van der Waals surface area contributed by atoms with Crippen LogP contribution in [0, 0.1) is 31.0 Å². The third-order valence-electron chi connectivity index (χ3n) is 5.54. The normalized spacial score (nSPS) is 10.6. The van der Waals surface area contributed by atoms with E-state index in [-0.39, 0.29) is 18.9 Å². The molecule has 1 amide bonds. The second-order valence-electron chi connectivity index (χ2n) is 8.09. The molecule has 0 unspecified atom stereocenters. The molecule has 0 spiro atoms. The summed E-state index contributed by atoms with van der Waals surface area (Å²) in [6, 6.07) is 19.6. The van der Waals surface area contributed by atoms with Crippen molar-refractivity contribution in [3.05, 3.63) is 101 Å². The van der Waals surface area contributed by atoms with Gasteiger partial charge in [0.1, 0.15) is 11.5 Å². The van der Waals surface area contributed by atoms with Crippen LogP contribution >= 0.6 is 0 Å². The summed E-state index contributed by atoms with van der Waals surface area (Å²) >= 11 is 0. The van der Waals surface area contributed by atoms with Crippen LogP contribution in [0.4, 0.5) is 4.39 Å². The molecule has 0 fully saturated rings. The fourth-order valence-corrected chi connectivity index (χ4v) is 3.87. The highest BCUT2D eigenvalue weighted by Crippen LogP contribution is 2.27. The second-order valence-corrected chi connectivity index (χ2v) is 8.09. The largest absolute Gasteiger partial charge is 0.332 e. The molecule has 0 N–H and O–H groups in total. The third kappa shape index (κ3) is 4.86. The summed E-state index contributed by atoms with van der Waals surface area (Å²) in [6.07, 6.45) is 3.55. The molecule has 0 saturated heterocycles. The van der Waals surface area contributed by atoms with Crippen molar-refractivity contribution in [1.82, 2.24) is 19.7 Å². The maximum Gasteiger partial charge on any atom is 0.272 e. The predicted octanol–water partition coefficient (Wildman–Crippen LogP) is 5.25. The predicted molar refractivity (Wildman–Crippen MR) is 128 cm³/mol. The lowest BCUT2D eigenvalue weighted by atomic mass is 10.1. The lowest BCUT2D eigenvalue weighted by Gasteiger charge is -2.22. The standard InChI is InChI=1S/C27H24FN5O/c1-19-10-11-25(20(2)15-19)33-26(16-24(31-33)22-8-3-4-9-23(22)28)27(34)32(14-6-12-29)18-21-7-5-13-30-17-21/h3-5,7-11,13,15-17H,6,14,18H2,1-2H3. The number of amides is 1. The molecule has 0 radical (unpaired) electrons. The molecule has 0 bridgehead atoms. The van der Waals surface area contributed by atoms with Gasteiger partial charge in [0.05, 0.1) is 23.9 Å². The third-order valence-corrected chi connectivity index (χ3v) is 5.54. The molecule has 6 nitrogen and oxygen atoms in total. The number of carbonyl (C=O) groups is 1. The van der Waals surface area contributed by atoms with Gasteiger partial charge in [0.25, 0.3) is 5.91 Å². The van der Waals surface area contributed by atoms with Crippen molar-refractivity contribution in [2.24, 2.45) is 0 Å². The molecule has 34 heavy (non-hydrogen) atoms. The van der Waals surface area contributed by atoms with E-state index in [1.807, 2.05) is 38.1 Å². The molecule has 170 valence electrons. The molecule has 4 aromatic rings. The van der Waals surface area contributed by atoms with Crippen molar-refractivity contribution in [3.63, 3.8) is 0 Å². The van der Waals surface area contributed by atoms with Crippen LogP contribution in [0.2, 0.25) is 0 Å². The summed E-state index contributed by atoms with van der Waals surface area (Å²) in [5.41, 5.74) is 4.58. The van der Waals surface area contributed by atoms with Crippen molar-refractivity contribution in [3.8, 4) is 23.0 Å². The minimum Gasteiger partial charge on any atom is -0.332 e. The quantitative estimate of drug-likeness (QED) is 0.383. The second kappa shape index (κ2) is 10.1. The number of halogens is 1. The fraction of sp³-hybridized carbons (Fsp3) is 0.185. The van der Waals surface area contributed by atoms with E-state index in [0.717, 1.165) is 22.4 Å². The van der Waals surface area contributed by atoms with Crippen LogP contribution in [-0.4, -0.2) is 32.1 Å². The highest BCUT2D eigenvalue weighted by atomic mass is 19.1. The van der Waals surface area contributed by atoms with Gasteiger partial charge in [-0.2, -0.15) is 10.4 Å². The van der Waals surface area contributed by atoms with Crippen molar-refractivity contribution >= 4 is 5.91 Å². The van der Waals surface area contributed by atoms with E-state index >= 15 is 0 Å². The first-order valence-electron chi connectivity index (χ1n) is 11.0. The highest BCUT2D eigenvalue weighted by Gasteiger charge is 2.24. The summed E-state index contributed by atoms with van der Waals surface area (Å²) < 4.78 is 16.1. The van der Waals surface area contributed by atoms with Gasteiger partial charge >= 0.3 is 0 Å². The van der Waals surface area contributed by atoms with Crippen LogP contribution < -0.4 is 0 Å². The number of pyridine rings is 1. The molecular formula is C27H24FN5O. The molecule has 7 heteroatoms. The van der Waals surface area contributed by atoms with Gasteiger partial charge in [-0.15, -0.1) is 0 Å². The highest BCUT2D eigenvalue weighted by molar-refractivity contribution is 5.94. The number of rotatable bonds is 7. The topological polar surface area (TPSA) is 74.8 Å². The van der Waals surface area contributed by atoms with E-state index in [0.29, 0.717) is 23.5 Å². The molecule has 2 heterocycles. The van der Waals surface area contributed by atoms with Crippen LogP contribution in [0.1, 0.15) is 33.6 Å². The summed E-state index contributed by atoms with van der Waals surface area (Å²) in [4.78, 5) is 19.5. The maximum atomic E-state index is 14.6. The molecule has 0 saturated carbocycles. The number of aryl methyl sites for hydroxylation is 2. The zero-order valence-corrected chi connectivity index (χ0v) is 19.1. The Kier molecular flexibility index (Phi) is 6.79. The van der Waals surface area contributed by atoms with Crippen molar-refractivity contribution < 1.29 is 9.18 Å². The molecule has 0 aliphatic carbocycles. The van der Waals surface area contributed by atoms with Gasteiger partial charge in [0.2, 0.25) is 0 Å². The molecule has 4 rings (SSSR count). The molecule has 2 aromatic carbocycles. The van der Waals surface area contributed by atoms with Gasteiger partial charge in [0.15, 0.2) is 0 Å². The van der Waals surface area contributed by atoms with E-state index in [1.54, 1.807) is 52.3 Å². The SMILES string of the molecule is Cc1ccc(-n2nc(-c3ccccc3F)cc2C(=O)N(CCC#N)Cc2cccnc2)c(C)c1. The van der Waals surface area contributed by atoms with Crippen molar-refractivity contribution in [1.29, 1.82) is 5.26 Å². The first kappa shape index (κ1) is 22.9. The van der Waals surface area contributed by atoms with Crippen LogP contribution in [0.25, 0.3) is 16.9 Å². The number of nitriles is 1.